The van der Waals surface area contributed by atoms with Gasteiger partial charge in [0.05, 0.1) is 0 Å². The standard InChI is InChI=1S/C26H37N3O2/c1-5-6-18-29(25(30)31-26(2,3)4)24-16-15-22(19-27-24)23-14-10-11-17-28(23)20-21-12-8-7-9-13-21/h7-9,12-13,15-16,19,23H,5-6,10-11,14,17-18,20H2,1-4H3/t23-/m0/s1. The number of nitrogens with zero attached hydrogens (tertiary/aromatic N) is 3. The summed E-state index contributed by atoms with van der Waals surface area (Å²) in [7, 11) is 0. The zero-order chi connectivity index (χ0) is 22.3. The maximum absolute atomic E-state index is 12.8. The van der Waals surface area contributed by atoms with E-state index in [1.807, 2.05) is 33.0 Å². The molecule has 2 heterocycles. The fourth-order valence-electron chi connectivity index (χ4n) is 4.06. The summed E-state index contributed by atoms with van der Waals surface area (Å²) in [6, 6.07) is 15.1. The maximum Gasteiger partial charge on any atom is 0.416 e. The van der Waals surface area contributed by atoms with E-state index in [-0.39, 0.29) is 6.09 Å². The number of carbonyl (C=O) groups excluding carboxylic acids is 1. The number of likely N-dealkylation sites (tertiary alicyclic amines) is 1. The van der Waals surface area contributed by atoms with Gasteiger partial charge in [-0.25, -0.2) is 9.78 Å². The number of anilines is 1. The van der Waals surface area contributed by atoms with Crippen LogP contribution in [0.15, 0.2) is 48.7 Å². The van der Waals surface area contributed by atoms with E-state index in [9.17, 15) is 4.79 Å². The number of amides is 1. The molecule has 0 spiro atoms. The zero-order valence-electron chi connectivity index (χ0n) is 19.5. The quantitative estimate of drug-likeness (QED) is 0.520. The second-order valence-electron chi connectivity index (χ2n) is 9.40. The highest BCUT2D eigenvalue weighted by Gasteiger charge is 2.26. The minimum atomic E-state index is -0.526. The van der Waals surface area contributed by atoms with E-state index in [4.69, 9.17) is 9.72 Å². The Morgan fingerprint density at radius 2 is 1.94 bits per heavy atom. The summed E-state index contributed by atoms with van der Waals surface area (Å²) in [5.41, 5.74) is 2.04. The van der Waals surface area contributed by atoms with Gasteiger partial charge in [0, 0.05) is 25.3 Å². The molecule has 168 valence electrons. The molecule has 2 aromatic rings. The van der Waals surface area contributed by atoms with Crippen molar-refractivity contribution >= 4 is 11.9 Å². The molecule has 3 rings (SSSR count). The third kappa shape index (κ3) is 6.79. The van der Waals surface area contributed by atoms with Gasteiger partial charge in [0.15, 0.2) is 0 Å². The number of carbonyl (C=O) groups is 1. The van der Waals surface area contributed by atoms with Gasteiger partial charge < -0.3 is 4.74 Å². The van der Waals surface area contributed by atoms with Crippen molar-refractivity contribution in [3.8, 4) is 0 Å². The van der Waals surface area contributed by atoms with Crippen molar-refractivity contribution in [2.45, 2.75) is 78.0 Å². The van der Waals surface area contributed by atoms with Crippen LogP contribution in [0.4, 0.5) is 10.6 Å². The summed E-state index contributed by atoms with van der Waals surface area (Å²) in [5.74, 6) is 0.664. The van der Waals surface area contributed by atoms with Crippen LogP contribution < -0.4 is 4.90 Å². The molecule has 1 fully saturated rings. The normalized spacial score (nSPS) is 17.4. The molecule has 1 aliphatic rings. The number of benzene rings is 1. The monoisotopic (exact) mass is 423 g/mol. The van der Waals surface area contributed by atoms with Crippen LogP contribution in [0.5, 0.6) is 0 Å². The Hall–Kier alpha value is -2.40. The van der Waals surface area contributed by atoms with E-state index in [0.717, 1.165) is 32.4 Å². The molecule has 5 heteroatoms. The number of ether oxygens (including phenoxy) is 1. The van der Waals surface area contributed by atoms with E-state index in [0.29, 0.717) is 18.4 Å². The summed E-state index contributed by atoms with van der Waals surface area (Å²) in [6.07, 6.45) is 7.15. The fourth-order valence-corrected chi connectivity index (χ4v) is 4.06. The highest BCUT2D eigenvalue weighted by Crippen LogP contribution is 2.32. The predicted molar refractivity (Wildman–Crippen MR) is 126 cm³/mol. The zero-order valence-corrected chi connectivity index (χ0v) is 19.5. The number of aromatic nitrogens is 1. The summed E-state index contributed by atoms with van der Waals surface area (Å²) in [6.45, 7) is 10.5. The van der Waals surface area contributed by atoms with Crippen LogP contribution in [0.3, 0.4) is 0 Å². The van der Waals surface area contributed by atoms with Crippen LogP contribution in [0.2, 0.25) is 0 Å². The van der Waals surface area contributed by atoms with Crippen molar-refractivity contribution in [1.82, 2.24) is 9.88 Å². The first-order chi connectivity index (χ1) is 14.9. The number of unbranched alkanes of at least 4 members (excludes halogenated alkanes) is 1. The lowest BCUT2D eigenvalue weighted by Gasteiger charge is -2.36. The largest absolute Gasteiger partial charge is 0.443 e. The minimum absolute atomic E-state index is 0.329. The summed E-state index contributed by atoms with van der Waals surface area (Å²) < 4.78 is 5.62. The molecule has 1 saturated heterocycles. The molecule has 0 unspecified atom stereocenters. The summed E-state index contributed by atoms with van der Waals surface area (Å²) >= 11 is 0. The summed E-state index contributed by atoms with van der Waals surface area (Å²) in [5, 5.41) is 0. The molecule has 1 aromatic carbocycles. The van der Waals surface area contributed by atoms with Gasteiger partial charge in [-0.3, -0.25) is 9.80 Å². The second kappa shape index (κ2) is 10.8. The molecule has 0 bridgehead atoms. The maximum atomic E-state index is 12.8. The summed E-state index contributed by atoms with van der Waals surface area (Å²) in [4.78, 5) is 21.7. The first-order valence-corrected chi connectivity index (χ1v) is 11.6. The smallest absolute Gasteiger partial charge is 0.416 e. The van der Waals surface area contributed by atoms with Crippen LogP contribution in [0.1, 0.15) is 77.0 Å². The first-order valence-electron chi connectivity index (χ1n) is 11.6. The molecule has 1 amide bonds. The fraction of sp³-hybridized carbons (Fsp3) is 0.538. The number of pyridine rings is 1. The van der Waals surface area contributed by atoms with Crippen LogP contribution in [-0.2, 0) is 11.3 Å². The van der Waals surface area contributed by atoms with Gasteiger partial charge in [0.2, 0.25) is 0 Å². The van der Waals surface area contributed by atoms with Crippen LogP contribution >= 0.6 is 0 Å². The van der Waals surface area contributed by atoms with E-state index in [1.54, 1.807) is 4.90 Å². The van der Waals surface area contributed by atoms with Crippen molar-refractivity contribution in [1.29, 1.82) is 0 Å². The molecular weight excluding hydrogens is 386 g/mol. The van der Waals surface area contributed by atoms with Crippen LogP contribution in [0.25, 0.3) is 0 Å². The van der Waals surface area contributed by atoms with Gasteiger partial charge in [0.1, 0.15) is 11.4 Å². The lowest BCUT2D eigenvalue weighted by atomic mass is 9.95. The lowest BCUT2D eigenvalue weighted by molar-refractivity contribution is 0.0578. The number of piperidine rings is 1. The Morgan fingerprint density at radius 1 is 1.16 bits per heavy atom. The number of hydrogen-bond donors (Lipinski definition) is 0. The Kier molecular flexibility index (Phi) is 8.08. The van der Waals surface area contributed by atoms with Crippen molar-refractivity contribution in [3.05, 3.63) is 59.8 Å². The van der Waals surface area contributed by atoms with Gasteiger partial charge in [0.25, 0.3) is 0 Å². The van der Waals surface area contributed by atoms with E-state index in [2.05, 4.69) is 48.2 Å². The van der Waals surface area contributed by atoms with Crippen molar-refractivity contribution in [2.24, 2.45) is 0 Å². The SMILES string of the molecule is CCCCN(C(=O)OC(C)(C)C)c1ccc([C@@H]2CCCCN2Cc2ccccc2)cn1. The molecule has 0 N–H and O–H groups in total. The Labute approximate surface area is 187 Å². The molecule has 0 radical (unpaired) electrons. The molecule has 0 saturated carbocycles. The highest BCUT2D eigenvalue weighted by atomic mass is 16.6. The molecule has 1 aromatic heterocycles. The predicted octanol–water partition coefficient (Wildman–Crippen LogP) is 6.35. The Morgan fingerprint density at radius 3 is 2.58 bits per heavy atom. The number of rotatable bonds is 7. The molecule has 0 aliphatic carbocycles. The topological polar surface area (TPSA) is 45.7 Å². The molecule has 31 heavy (non-hydrogen) atoms. The minimum Gasteiger partial charge on any atom is -0.443 e. The van der Waals surface area contributed by atoms with Crippen LogP contribution in [-0.4, -0.2) is 34.7 Å². The van der Waals surface area contributed by atoms with E-state index >= 15 is 0 Å². The third-order valence-corrected chi connectivity index (χ3v) is 5.62. The Bertz CT molecular complexity index is 815. The van der Waals surface area contributed by atoms with Gasteiger partial charge >= 0.3 is 6.09 Å². The van der Waals surface area contributed by atoms with Crippen molar-refractivity contribution in [3.63, 3.8) is 0 Å². The van der Waals surface area contributed by atoms with Crippen LogP contribution in [0, 0.1) is 0 Å². The van der Waals surface area contributed by atoms with E-state index < -0.39 is 5.60 Å². The molecule has 1 aliphatic heterocycles. The molecule has 5 nitrogen and oxygen atoms in total. The third-order valence-electron chi connectivity index (χ3n) is 5.62. The Balaban J connectivity index is 1.76. The molecular formula is C26H37N3O2. The van der Waals surface area contributed by atoms with E-state index in [1.165, 1.54) is 24.0 Å². The average molecular weight is 424 g/mol. The van der Waals surface area contributed by atoms with Crippen molar-refractivity contribution < 1.29 is 9.53 Å². The van der Waals surface area contributed by atoms with Gasteiger partial charge in [-0.2, -0.15) is 0 Å². The second-order valence-corrected chi connectivity index (χ2v) is 9.40. The highest BCUT2D eigenvalue weighted by molar-refractivity contribution is 5.86. The van der Waals surface area contributed by atoms with Gasteiger partial charge in [-0.05, 0) is 63.8 Å². The van der Waals surface area contributed by atoms with Gasteiger partial charge in [-0.1, -0.05) is 56.2 Å². The number of hydrogen-bond acceptors (Lipinski definition) is 4. The lowest BCUT2D eigenvalue weighted by Crippen LogP contribution is -2.38. The van der Waals surface area contributed by atoms with Crippen molar-refractivity contribution in [2.75, 3.05) is 18.0 Å². The molecule has 1 atom stereocenters. The average Bonchev–Trinajstić information content (AvgIpc) is 2.74. The van der Waals surface area contributed by atoms with Gasteiger partial charge in [-0.15, -0.1) is 0 Å². The first kappa shape index (κ1) is 23.3.